The monoisotopic (exact) mass is 356 g/mol. The molecule has 0 unspecified atom stereocenters. The van der Waals surface area contributed by atoms with Gasteiger partial charge in [0.05, 0.1) is 18.5 Å². The molecule has 128 valence electrons. The molecule has 0 atom stereocenters. The summed E-state index contributed by atoms with van der Waals surface area (Å²) in [6.07, 6.45) is 0. The molecule has 0 saturated heterocycles. The Hall–Kier alpha value is -2.93. The number of aromatic carboxylic acids is 1. The average Bonchev–Trinajstić information content (AvgIpc) is 2.90. The number of ketones is 1. The lowest BCUT2D eigenvalue weighted by molar-refractivity contribution is 0.0703. The predicted octanol–water partition coefficient (Wildman–Crippen LogP) is 3.76. The molecule has 7 heteroatoms. The minimum absolute atomic E-state index is 0.0253. The third kappa shape index (κ3) is 2.72. The van der Waals surface area contributed by atoms with E-state index in [1.54, 1.807) is 26.2 Å². The predicted molar refractivity (Wildman–Crippen MR) is 97.7 cm³/mol. The van der Waals surface area contributed by atoms with Crippen LogP contribution in [-0.2, 0) is 0 Å². The van der Waals surface area contributed by atoms with Crippen LogP contribution in [0.15, 0.2) is 24.3 Å². The number of methoxy groups -OCH3 is 1. The average molecular weight is 356 g/mol. The van der Waals surface area contributed by atoms with Gasteiger partial charge in [0.1, 0.15) is 15.5 Å². The number of rotatable bonds is 4. The fraction of sp³-hybridized carbons (Fsp3) is 0.167. The summed E-state index contributed by atoms with van der Waals surface area (Å²) in [5, 5.41) is 9.87. The highest BCUT2D eigenvalue weighted by Gasteiger charge is 2.24. The Bertz CT molecular complexity index is 1010. The van der Waals surface area contributed by atoms with Gasteiger partial charge in [0.15, 0.2) is 5.78 Å². The Labute approximate surface area is 147 Å². The Morgan fingerprint density at radius 2 is 1.88 bits per heavy atom. The van der Waals surface area contributed by atoms with Gasteiger partial charge in [-0.3, -0.25) is 4.79 Å². The normalized spacial score (nSPS) is 10.8. The lowest BCUT2D eigenvalue weighted by Crippen LogP contribution is -2.04. The van der Waals surface area contributed by atoms with Crippen molar-refractivity contribution in [2.45, 2.75) is 13.8 Å². The molecule has 0 aliphatic carbocycles. The summed E-state index contributed by atoms with van der Waals surface area (Å²) < 4.78 is 5.17. The number of aryl methyl sites for hydroxylation is 1. The highest BCUT2D eigenvalue weighted by atomic mass is 32.1. The van der Waals surface area contributed by atoms with Crippen LogP contribution in [0.5, 0.6) is 5.75 Å². The van der Waals surface area contributed by atoms with E-state index in [0.29, 0.717) is 32.8 Å². The number of benzene rings is 1. The first kappa shape index (κ1) is 16.9. The summed E-state index contributed by atoms with van der Waals surface area (Å²) in [4.78, 5) is 28.6. The van der Waals surface area contributed by atoms with E-state index < -0.39 is 5.97 Å². The molecule has 0 radical (unpaired) electrons. The summed E-state index contributed by atoms with van der Waals surface area (Å²) in [5.41, 5.74) is 8.59. The van der Waals surface area contributed by atoms with Crippen molar-refractivity contribution in [1.82, 2.24) is 4.98 Å². The molecule has 0 aliphatic heterocycles. The van der Waals surface area contributed by atoms with Crippen LogP contribution in [0.25, 0.3) is 21.3 Å². The largest absolute Gasteiger partial charge is 0.497 e. The van der Waals surface area contributed by atoms with Crippen LogP contribution in [0.1, 0.15) is 32.6 Å². The van der Waals surface area contributed by atoms with Crippen molar-refractivity contribution in [2.75, 3.05) is 12.8 Å². The molecule has 6 nitrogen and oxygen atoms in total. The molecule has 0 bridgehead atoms. The number of nitrogens with zero attached hydrogens (tertiary/aromatic N) is 1. The van der Waals surface area contributed by atoms with Crippen LogP contribution in [0, 0.1) is 6.92 Å². The standard InChI is InChI=1S/C18H16N2O4S/c1-8-12(9(2)21)13(10-4-6-11(24-3)7-5-10)14-15(19)16(18(22)23)25-17(14)20-8/h4-7H,19H2,1-3H3,(H,22,23). The third-order valence-corrected chi connectivity index (χ3v) is 5.07. The lowest BCUT2D eigenvalue weighted by Gasteiger charge is -2.13. The number of carboxylic acids is 1. The second-order valence-electron chi connectivity index (χ2n) is 5.56. The lowest BCUT2D eigenvalue weighted by atomic mass is 9.93. The van der Waals surface area contributed by atoms with Crippen LogP contribution in [0.4, 0.5) is 5.69 Å². The molecule has 0 spiro atoms. The zero-order chi connectivity index (χ0) is 18.3. The van der Waals surface area contributed by atoms with E-state index >= 15 is 0 Å². The molecule has 0 aliphatic rings. The maximum absolute atomic E-state index is 12.3. The number of fused-ring (bicyclic) bond motifs is 1. The van der Waals surface area contributed by atoms with E-state index in [9.17, 15) is 14.7 Å². The molecule has 25 heavy (non-hydrogen) atoms. The Balaban J connectivity index is 2.45. The van der Waals surface area contributed by atoms with Crippen molar-refractivity contribution in [3.05, 3.63) is 40.4 Å². The number of hydrogen-bond acceptors (Lipinski definition) is 6. The Morgan fingerprint density at radius 3 is 2.40 bits per heavy atom. The molecule has 0 saturated carbocycles. The molecule has 2 heterocycles. The van der Waals surface area contributed by atoms with Gasteiger partial charge in [0, 0.05) is 16.5 Å². The van der Waals surface area contributed by atoms with Crippen LogP contribution >= 0.6 is 11.3 Å². The fourth-order valence-electron chi connectivity index (χ4n) is 2.90. The molecule has 3 aromatic rings. The summed E-state index contributed by atoms with van der Waals surface area (Å²) in [6.45, 7) is 3.20. The molecule has 2 aromatic heterocycles. The number of Topliss-reactive ketones (excluding diaryl/α,β-unsaturated/α-hetero) is 1. The van der Waals surface area contributed by atoms with Crippen molar-refractivity contribution in [1.29, 1.82) is 0 Å². The van der Waals surface area contributed by atoms with Crippen molar-refractivity contribution < 1.29 is 19.4 Å². The van der Waals surface area contributed by atoms with Crippen LogP contribution < -0.4 is 10.5 Å². The minimum atomic E-state index is -1.11. The van der Waals surface area contributed by atoms with Crippen molar-refractivity contribution in [3.8, 4) is 16.9 Å². The summed E-state index contributed by atoms with van der Waals surface area (Å²) in [5.74, 6) is -0.580. The summed E-state index contributed by atoms with van der Waals surface area (Å²) in [6, 6.07) is 7.19. The first-order chi connectivity index (χ1) is 11.8. The number of ether oxygens (including phenoxy) is 1. The van der Waals surface area contributed by atoms with Gasteiger partial charge in [-0.1, -0.05) is 12.1 Å². The molecule has 3 N–H and O–H groups in total. The van der Waals surface area contributed by atoms with Gasteiger partial charge in [-0.25, -0.2) is 9.78 Å². The Kier molecular flexibility index (Phi) is 4.18. The van der Waals surface area contributed by atoms with E-state index in [1.807, 2.05) is 12.1 Å². The first-order valence-corrected chi connectivity index (χ1v) is 8.28. The minimum Gasteiger partial charge on any atom is -0.497 e. The van der Waals surface area contributed by atoms with E-state index in [-0.39, 0.29) is 16.3 Å². The van der Waals surface area contributed by atoms with Gasteiger partial charge in [0.25, 0.3) is 0 Å². The van der Waals surface area contributed by atoms with Gasteiger partial charge in [0.2, 0.25) is 0 Å². The van der Waals surface area contributed by atoms with E-state index in [0.717, 1.165) is 16.9 Å². The number of aromatic nitrogens is 1. The number of pyridine rings is 1. The quantitative estimate of drug-likeness (QED) is 0.690. The maximum Gasteiger partial charge on any atom is 0.348 e. The number of thiophene rings is 1. The third-order valence-electron chi connectivity index (χ3n) is 3.98. The van der Waals surface area contributed by atoms with Gasteiger partial charge in [-0.05, 0) is 31.5 Å². The number of nitrogen functional groups attached to an aromatic ring is 1. The Morgan fingerprint density at radius 1 is 1.24 bits per heavy atom. The van der Waals surface area contributed by atoms with Gasteiger partial charge < -0.3 is 15.6 Å². The fourth-order valence-corrected chi connectivity index (χ4v) is 3.89. The van der Waals surface area contributed by atoms with E-state index in [1.165, 1.54) is 6.92 Å². The maximum atomic E-state index is 12.3. The SMILES string of the molecule is COc1ccc(-c2c(C(C)=O)c(C)nc3sc(C(=O)O)c(N)c23)cc1. The number of carbonyl (C=O) groups excluding carboxylic acids is 1. The van der Waals surface area contributed by atoms with E-state index in [2.05, 4.69) is 4.98 Å². The molecule has 0 fully saturated rings. The van der Waals surface area contributed by atoms with Crippen molar-refractivity contribution in [3.63, 3.8) is 0 Å². The summed E-state index contributed by atoms with van der Waals surface area (Å²) >= 11 is 1.01. The van der Waals surface area contributed by atoms with Gasteiger partial charge >= 0.3 is 5.97 Å². The zero-order valence-electron chi connectivity index (χ0n) is 13.9. The van der Waals surface area contributed by atoms with Gasteiger partial charge in [-0.15, -0.1) is 11.3 Å². The highest BCUT2D eigenvalue weighted by Crippen LogP contribution is 2.42. The topological polar surface area (TPSA) is 103 Å². The number of nitrogens with two attached hydrogens (primary N) is 1. The number of hydrogen-bond donors (Lipinski definition) is 2. The second-order valence-corrected chi connectivity index (χ2v) is 6.56. The van der Waals surface area contributed by atoms with Crippen LogP contribution in [0.3, 0.4) is 0 Å². The van der Waals surface area contributed by atoms with Crippen molar-refractivity contribution >= 4 is 39.0 Å². The molecule has 1 aromatic carbocycles. The van der Waals surface area contributed by atoms with Crippen LogP contribution in [-0.4, -0.2) is 29.0 Å². The van der Waals surface area contributed by atoms with Crippen molar-refractivity contribution in [2.24, 2.45) is 0 Å². The number of anilines is 1. The van der Waals surface area contributed by atoms with Crippen LogP contribution in [0.2, 0.25) is 0 Å². The van der Waals surface area contributed by atoms with Gasteiger partial charge in [-0.2, -0.15) is 0 Å². The first-order valence-electron chi connectivity index (χ1n) is 7.46. The summed E-state index contributed by atoms with van der Waals surface area (Å²) in [7, 11) is 1.57. The number of carboxylic acid groups (broad SMARTS) is 1. The van der Waals surface area contributed by atoms with E-state index in [4.69, 9.17) is 10.5 Å². The second kappa shape index (κ2) is 6.18. The molecule has 3 rings (SSSR count). The molecule has 0 amide bonds. The zero-order valence-corrected chi connectivity index (χ0v) is 14.7. The molecular weight excluding hydrogens is 340 g/mol. The number of carbonyl (C=O) groups is 2. The molecular formula is C18H16N2O4S. The smallest absolute Gasteiger partial charge is 0.348 e. The highest BCUT2D eigenvalue weighted by molar-refractivity contribution is 7.21.